The van der Waals surface area contributed by atoms with Gasteiger partial charge in [0.1, 0.15) is 0 Å². The fourth-order valence-corrected chi connectivity index (χ4v) is 2.90. The Morgan fingerprint density at radius 3 is 2.00 bits per heavy atom. The maximum atomic E-state index is 3.87. The van der Waals surface area contributed by atoms with Crippen LogP contribution < -0.4 is 4.90 Å². The van der Waals surface area contributed by atoms with Gasteiger partial charge in [0, 0.05) is 18.8 Å². The van der Waals surface area contributed by atoms with Gasteiger partial charge in [0.25, 0.3) is 0 Å². The van der Waals surface area contributed by atoms with Crippen LogP contribution in [0.3, 0.4) is 0 Å². The van der Waals surface area contributed by atoms with E-state index in [1.54, 1.807) is 0 Å². The summed E-state index contributed by atoms with van der Waals surface area (Å²) in [5.41, 5.74) is 6.09. The lowest BCUT2D eigenvalue weighted by Gasteiger charge is -2.25. The van der Waals surface area contributed by atoms with Crippen LogP contribution in [0.5, 0.6) is 0 Å². The van der Waals surface area contributed by atoms with Crippen molar-refractivity contribution in [3.8, 4) is 0 Å². The number of benzene rings is 3. The van der Waals surface area contributed by atoms with Crippen molar-refractivity contribution in [2.24, 2.45) is 0 Å². The number of nitrogens with zero attached hydrogens (tertiary/aromatic N) is 1. The average molecular weight is 325 g/mol. The number of anilines is 1. The van der Waals surface area contributed by atoms with Gasteiger partial charge < -0.3 is 4.90 Å². The van der Waals surface area contributed by atoms with E-state index in [1.807, 2.05) is 12.2 Å². The van der Waals surface area contributed by atoms with Gasteiger partial charge in [0.2, 0.25) is 0 Å². The quantitative estimate of drug-likeness (QED) is 0.501. The van der Waals surface area contributed by atoms with Crippen molar-refractivity contribution >= 4 is 17.8 Å². The van der Waals surface area contributed by atoms with Gasteiger partial charge in [-0.05, 0) is 40.5 Å². The number of hydrogen-bond acceptors (Lipinski definition) is 1. The maximum absolute atomic E-state index is 3.87. The van der Waals surface area contributed by atoms with Gasteiger partial charge in [-0.15, -0.1) is 0 Å². The van der Waals surface area contributed by atoms with Gasteiger partial charge in [-0.3, -0.25) is 0 Å². The lowest BCUT2D eigenvalue weighted by Crippen LogP contribution is -2.22. The molecule has 0 N–H and O–H groups in total. The van der Waals surface area contributed by atoms with Crippen molar-refractivity contribution in [3.05, 3.63) is 114 Å². The minimum absolute atomic E-state index is 0.856. The van der Waals surface area contributed by atoms with E-state index < -0.39 is 0 Å². The van der Waals surface area contributed by atoms with Crippen LogP contribution >= 0.6 is 0 Å². The highest BCUT2D eigenvalue weighted by atomic mass is 15.1. The smallest absolute Gasteiger partial charge is 0.0433 e. The Morgan fingerprint density at radius 1 is 0.640 bits per heavy atom. The molecule has 0 atom stereocenters. The van der Waals surface area contributed by atoms with Crippen molar-refractivity contribution < 1.29 is 0 Å². The van der Waals surface area contributed by atoms with Crippen molar-refractivity contribution in [1.82, 2.24) is 0 Å². The Bertz CT molecular complexity index is 831. The third-order valence-corrected chi connectivity index (χ3v) is 4.27. The molecule has 1 heteroatoms. The molecule has 0 aliphatic rings. The molecule has 0 fully saturated rings. The predicted molar refractivity (Wildman–Crippen MR) is 109 cm³/mol. The van der Waals surface area contributed by atoms with E-state index in [2.05, 4.69) is 96.9 Å². The molecule has 3 rings (SSSR count). The first kappa shape index (κ1) is 16.8. The summed E-state index contributed by atoms with van der Waals surface area (Å²) in [6, 6.07) is 27.7. The monoisotopic (exact) mass is 325 g/mol. The van der Waals surface area contributed by atoms with Crippen molar-refractivity contribution in [1.29, 1.82) is 0 Å². The summed E-state index contributed by atoms with van der Waals surface area (Å²) in [4.78, 5) is 2.39. The van der Waals surface area contributed by atoms with Crippen LogP contribution in [-0.2, 0) is 13.1 Å². The first-order valence-corrected chi connectivity index (χ1v) is 8.51. The van der Waals surface area contributed by atoms with Gasteiger partial charge >= 0.3 is 0 Å². The zero-order valence-corrected chi connectivity index (χ0v) is 14.4. The topological polar surface area (TPSA) is 3.24 Å². The second-order valence-corrected chi connectivity index (χ2v) is 6.09. The summed E-state index contributed by atoms with van der Waals surface area (Å²) in [6.07, 6.45) is 3.77. The highest BCUT2D eigenvalue weighted by Crippen LogP contribution is 2.21. The van der Waals surface area contributed by atoms with Crippen molar-refractivity contribution in [2.75, 3.05) is 4.90 Å². The molecule has 0 aliphatic heterocycles. The minimum Gasteiger partial charge on any atom is -0.363 e. The molecule has 0 bridgehead atoms. The largest absolute Gasteiger partial charge is 0.363 e. The molecule has 124 valence electrons. The summed E-state index contributed by atoms with van der Waals surface area (Å²) in [5, 5.41) is 0. The van der Waals surface area contributed by atoms with E-state index >= 15 is 0 Å². The fourth-order valence-electron chi connectivity index (χ4n) is 2.90. The molecule has 25 heavy (non-hydrogen) atoms. The summed E-state index contributed by atoms with van der Waals surface area (Å²) in [7, 11) is 0. The Balaban J connectivity index is 1.86. The molecule has 0 aliphatic carbocycles. The van der Waals surface area contributed by atoms with Crippen LogP contribution in [0.4, 0.5) is 5.69 Å². The van der Waals surface area contributed by atoms with Crippen LogP contribution in [0.25, 0.3) is 12.2 Å². The number of rotatable bonds is 7. The number of hydrogen-bond donors (Lipinski definition) is 0. The van der Waals surface area contributed by atoms with Crippen LogP contribution in [0.15, 0.2) is 92.0 Å². The zero-order chi connectivity index (χ0) is 17.5. The van der Waals surface area contributed by atoms with E-state index in [0.717, 1.165) is 24.2 Å². The molecule has 3 aromatic rings. The lowest BCUT2D eigenvalue weighted by molar-refractivity contribution is 0.800. The Morgan fingerprint density at radius 2 is 1.32 bits per heavy atom. The molecule has 1 nitrogen and oxygen atoms in total. The maximum Gasteiger partial charge on any atom is 0.0433 e. The average Bonchev–Trinajstić information content (AvgIpc) is 2.69. The van der Waals surface area contributed by atoms with Gasteiger partial charge in [-0.2, -0.15) is 0 Å². The van der Waals surface area contributed by atoms with E-state index in [-0.39, 0.29) is 0 Å². The lowest BCUT2D eigenvalue weighted by atomic mass is 10.1. The molecule has 0 saturated heterocycles. The standard InChI is InChI=1S/C24H23N/c1-3-20-13-15-22(16-14-20)18-25(24-11-6-5-7-12-24)19-23-10-8-9-21(4-2)17-23/h3-17H,1-2,18-19H2. The van der Waals surface area contributed by atoms with Gasteiger partial charge in [0.15, 0.2) is 0 Å². The summed E-state index contributed by atoms with van der Waals surface area (Å²) >= 11 is 0. The van der Waals surface area contributed by atoms with E-state index in [1.165, 1.54) is 16.8 Å². The number of para-hydroxylation sites is 1. The van der Waals surface area contributed by atoms with E-state index in [9.17, 15) is 0 Å². The first-order chi connectivity index (χ1) is 12.3. The third kappa shape index (κ3) is 4.48. The van der Waals surface area contributed by atoms with Crippen molar-refractivity contribution in [3.63, 3.8) is 0 Å². The molecule has 0 aromatic heterocycles. The zero-order valence-electron chi connectivity index (χ0n) is 14.4. The predicted octanol–water partition coefficient (Wildman–Crippen LogP) is 6.18. The summed E-state index contributed by atoms with van der Waals surface area (Å²) in [6.45, 7) is 9.41. The van der Waals surface area contributed by atoms with Crippen LogP contribution in [0.2, 0.25) is 0 Å². The molecule has 0 amide bonds. The minimum atomic E-state index is 0.856. The molecular formula is C24H23N. The molecular weight excluding hydrogens is 302 g/mol. The van der Waals surface area contributed by atoms with Crippen LogP contribution in [-0.4, -0.2) is 0 Å². The molecule has 0 saturated carbocycles. The van der Waals surface area contributed by atoms with E-state index in [0.29, 0.717) is 0 Å². The van der Waals surface area contributed by atoms with E-state index in [4.69, 9.17) is 0 Å². The second-order valence-electron chi connectivity index (χ2n) is 6.09. The summed E-state index contributed by atoms with van der Waals surface area (Å²) in [5.74, 6) is 0. The Kier molecular flexibility index (Phi) is 5.48. The molecule has 3 aromatic carbocycles. The van der Waals surface area contributed by atoms with Gasteiger partial charge in [-0.25, -0.2) is 0 Å². The molecule has 0 radical (unpaired) electrons. The second kappa shape index (κ2) is 8.16. The summed E-state index contributed by atoms with van der Waals surface area (Å²) < 4.78 is 0. The fraction of sp³-hybridized carbons (Fsp3) is 0.0833. The molecule has 0 heterocycles. The van der Waals surface area contributed by atoms with Gasteiger partial charge in [-0.1, -0.05) is 86.0 Å². The third-order valence-electron chi connectivity index (χ3n) is 4.27. The normalized spacial score (nSPS) is 10.2. The molecule has 0 spiro atoms. The van der Waals surface area contributed by atoms with Crippen molar-refractivity contribution in [2.45, 2.75) is 13.1 Å². The highest BCUT2D eigenvalue weighted by molar-refractivity contribution is 5.52. The van der Waals surface area contributed by atoms with Crippen LogP contribution in [0.1, 0.15) is 22.3 Å². The molecule has 0 unspecified atom stereocenters. The highest BCUT2D eigenvalue weighted by Gasteiger charge is 2.08. The van der Waals surface area contributed by atoms with Crippen LogP contribution in [0, 0.1) is 0 Å². The first-order valence-electron chi connectivity index (χ1n) is 8.51. The van der Waals surface area contributed by atoms with Gasteiger partial charge in [0.05, 0.1) is 0 Å². The Labute approximate surface area is 150 Å². The Hall–Kier alpha value is -3.06. The SMILES string of the molecule is C=Cc1ccc(CN(Cc2cccc(C=C)c2)c2ccccc2)cc1.